The molecule has 3 rings (SSSR count). The summed E-state index contributed by atoms with van der Waals surface area (Å²) in [6.07, 6.45) is 3.99. The van der Waals surface area contributed by atoms with E-state index in [1.165, 1.54) is 24.8 Å². The standard InChI is InChI=1S/C15H22ClN3.2ClH/c16-12-4-5-14(17)13(10-12)15(11-2-1-3-11)19-8-6-18-7-9-19;;/h4-5,10-11,15,18H,1-3,6-9,17H2;2*1H/t15-;;/m0../s1. The lowest BCUT2D eigenvalue weighted by Gasteiger charge is -2.43. The monoisotopic (exact) mass is 351 g/mol. The first kappa shape index (κ1) is 18.9. The molecule has 1 aromatic carbocycles. The Morgan fingerprint density at radius 3 is 2.43 bits per heavy atom. The summed E-state index contributed by atoms with van der Waals surface area (Å²) in [5.41, 5.74) is 8.34. The molecule has 120 valence electrons. The number of benzene rings is 1. The molecule has 1 heterocycles. The van der Waals surface area contributed by atoms with Gasteiger partial charge in [-0.3, -0.25) is 4.90 Å². The number of piperazine rings is 1. The second kappa shape index (κ2) is 8.44. The van der Waals surface area contributed by atoms with Gasteiger partial charge in [-0.1, -0.05) is 18.0 Å². The third-order valence-electron chi connectivity index (χ3n) is 4.51. The highest BCUT2D eigenvalue weighted by Gasteiger charge is 2.34. The number of halogens is 3. The summed E-state index contributed by atoms with van der Waals surface area (Å²) in [5.74, 6) is 0.749. The molecule has 1 saturated heterocycles. The predicted octanol–water partition coefficient (Wildman–Crippen LogP) is 3.51. The first-order valence-electron chi connectivity index (χ1n) is 7.25. The molecular formula is C15H24Cl3N3. The Morgan fingerprint density at radius 2 is 1.86 bits per heavy atom. The molecule has 1 aliphatic carbocycles. The van der Waals surface area contributed by atoms with Crippen LogP contribution in [0.15, 0.2) is 18.2 Å². The fraction of sp³-hybridized carbons (Fsp3) is 0.600. The van der Waals surface area contributed by atoms with E-state index in [0.717, 1.165) is 42.8 Å². The minimum atomic E-state index is 0. The highest BCUT2D eigenvalue weighted by Crippen LogP contribution is 2.43. The topological polar surface area (TPSA) is 41.3 Å². The molecule has 1 aliphatic heterocycles. The van der Waals surface area contributed by atoms with Gasteiger partial charge in [0.25, 0.3) is 0 Å². The number of nitrogens with two attached hydrogens (primary N) is 1. The molecule has 3 nitrogen and oxygen atoms in total. The van der Waals surface area contributed by atoms with Crippen molar-refractivity contribution in [3.63, 3.8) is 0 Å². The molecule has 6 heteroatoms. The lowest BCUT2D eigenvalue weighted by molar-refractivity contribution is 0.0842. The van der Waals surface area contributed by atoms with Crippen LogP contribution in [0.3, 0.4) is 0 Å². The molecule has 0 spiro atoms. The van der Waals surface area contributed by atoms with Crippen LogP contribution < -0.4 is 11.1 Å². The van der Waals surface area contributed by atoms with Gasteiger partial charge >= 0.3 is 0 Å². The zero-order chi connectivity index (χ0) is 13.2. The zero-order valence-corrected chi connectivity index (χ0v) is 14.4. The molecule has 2 aliphatic rings. The summed E-state index contributed by atoms with van der Waals surface area (Å²) >= 11 is 6.18. The Bertz CT molecular complexity index is 446. The Kier molecular flexibility index (Phi) is 7.58. The maximum atomic E-state index is 6.21. The number of hydrogen-bond donors (Lipinski definition) is 2. The average molecular weight is 353 g/mol. The molecule has 1 atom stereocenters. The van der Waals surface area contributed by atoms with E-state index < -0.39 is 0 Å². The third-order valence-corrected chi connectivity index (χ3v) is 4.74. The first-order chi connectivity index (χ1) is 9.25. The summed E-state index contributed by atoms with van der Waals surface area (Å²) in [7, 11) is 0. The third kappa shape index (κ3) is 4.17. The van der Waals surface area contributed by atoms with Gasteiger partial charge in [-0.15, -0.1) is 24.8 Å². The number of nitrogens with zero attached hydrogens (tertiary/aromatic N) is 1. The SMILES string of the molecule is Cl.Cl.Nc1ccc(Cl)cc1[C@H](C1CCC1)N1CCNCC1. The minimum Gasteiger partial charge on any atom is -0.398 e. The fourth-order valence-corrected chi connectivity index (χ4v) is 3.45. The van der Waals surface area contributed by atoms with Gasteiger partial charge in [-0.05, 0) is 42.5 Å². The van der Waals surface area contributed by atoms with Crippen LogP contribution in [0.4, 0.5) is 5.69 Å². The van der Waals surface area contributed by atoms with Crippen LogP contribution in [0.2, 0.25) is 5.02 Å². The molecule has 21 heavy (non-hydrogen) atoms. The van der Waals surface area contributed by atoms with E-state index in [0.29, 0.717) is 6.04 Å². The van der Waals surface area contributed by atoms with Crippen LogP contribution in [0.5, 0.6) is 0 Å². The molecular weight excluding hydrogens is 329 g/mol. The highest BCUT2D eigenvalue weighted by atomic mass is 35.5. The average Bonchev–Trinajstić information content (AvgIpc) is 2.38. The normalized spacial score (nSPS) is 20.8. The summed E-state index contributed by atoms with van der Waals surface area (Å²) in [4.78, 5) is 2.59. The number of nitrogen functional groups attached to an aromatic ring is 1. The summed E-state index contributed by atoms with van der Waals surface area (Å²) in [6, 6.07) is 6.36. The number of rotatable bonds is 3. The molecule has 1 aromatic rings. The zero-order valence-electron chi connectivity index (χ0n) is 12.1. The van der Waals surface area contributed by atoms with Gasteiger partial charge in [0.15, 0.2) is 0 Å². The summed E-state index contributed by atoms with van der Waals surface area (Å²) in [6.45, 7) is 4.35. The fourth-order valence-electron chi connectivity index (χ4n) is 3.27. The molecule has 0 amide bonds. The Labute approximate surface area is 144 Å². The van der Waals surface area contributed by atoms with Crippen molar-refractivity contribution in [3.05, 3.63) is 28.8 Å². The molecule has 0 aromatic heterocycles. The van der Waals surface area contributed by atoms with Crippen LogP contribution >= 0.6 is 36.4 Å². The van der Waals surface area contributed by atoms with Crippen molar-refractivity contribution in [3.8, 4) is 0 Å². The largest absolute Gasteiger partial charge is 0.398 e. The second-order valence-corrected chi connectivity index (χ2v) is 6.13. The van der Waals surface area contributed by atoms with E-state index in [2.05, 4.69) is 16.3 Å². The van der Waals surface area contributed by atoms with E-state index in [1.54, 1.807) is 0 Å². The van der Waals surface area contributed by atoms with E-state index in [4.69, 9.17) is 17.3 Å². The van der Waals surface area contributed by atoms with Gasteiger partial charge in [-0.25, -0.2) is 0 Å². The quantitative estimate of drug-likeness (QED) is 0.818. The van der Waals surface area contributed by atoms with Gasteiger partial charge in [0.2, 0.25) is 0 Å². The van der Waals surface area contributed by atoms with E-state index in [1.807, 2.05) is 12.1 Å². The van der Waals surface area contributed by atoms with Crippen molar-refractivity contribution < 1.29 is 0 Å². The molecule has 0 radical (unpaired) electrons. The van der Waals surface area contributed by atoms with Crippen molar-refractivity contribution in [1.29, 1.82) is 0 Å². The van der Waals surface area contributed by atoms with Crippen molar-refractivity contribution in [2.75, 3.05) is 31.9 Å². The van der Waals surface area contributed by atoms with Crippen molar-refractivity contribution in [2.45, 2.75) is 25.3 Å². The van der Waals surface area contributed by atoms with Gasteiger partial charge in [0.1, 0.15) is 0 Å². The number of hydrogen-bond acceptors (Lipinski definition) is 3. The van der Waals surface area contributed by atoms with E-state index in [-0.39, 0.29) is 24.8 Å². The molecule has 3 N–H and O–H groups in total. The van der Waals surface area contributed by atoms with Gasteiger partial charge in [0, 0.05) is 42.9 Å². The van der Waals surface area contributed by atoms with Crippen molar-refractivity contribution >= 4 is 42.1 Å². The molecule has 0 bridgehead atoms. The Hall–Kier alpha value is -0.190. The summed E-state index contributed by atoms with van der Waals surface area (Å²) < 4.78 is 0. The van der Waals surface area contributed by atoms with E-state index in [9.17, 15) is 0 Å². The smallest absolute Gasteiger partial charge is 0.0410 e. The number of nitrogens with one attached hydrogen (secondary N) is 1. The van der Waals surface area contributed by atoms with Crippen LogP contribution in [-0.4, -0.2) is 31.1 Å². The van der Waals surface area contributed by atoms with E-state index >= 15 is 0 Å². The second-order valence-electron chi connectivity index (χ2n) is 5.70. The lowest BCUT2D eigenvalue weighted by atomic mass is 9.76. The molecule has 2 fully saturated rings. The number of anilines is 1. The van der Waals surface area contributed by atoms with Crippen LogP contribution in [0.25, 0.3) is 0 Å². The van der Waals surface area contributed by atoms with Gasteiger partial charge in [-0.2, -0.15) is 0 Å². The molecule has 0 unspecified atom stereocenters. The highest BCUT2D eigenvalue weighted by molar-refractivity contribution is 6.30. The minimum absolute atomic E-state index is 0. The van der Waals surface area contributed by atoms with Crippen LogP contribution in [-0.2, 0) is 0 Å². The van der Waals surface area contributed by atoms with Crippen molar-refractivity contribution in [1.82, 2.24) is 10.2 Å². The van der Waals surface area contributed by atoms with Gasteiger partial charge in [0.05, 0.1) is 0 Å². The maximum absolute atomic E-state index is 6.21. The van der Waals surface area contributed by atoms with Gasteiger partial charge < -0.3 is 11.1 Å². The summed E-state index contributed by atoms with van der Waals surface area (Å²) in [5, 5.41) is 4.22. The lowest BCUT2D eigenvalue weighted by Crippen LogP contribution is -2.48. The maximum Gasteiger partial charge on any atom is 0.0410 e. The van der Waals surface area contributed by atoms with Crippen LogP contribution in [0, 0.1) is 5.92 Å². The predicted molar refractivity (Wildman–Crippen MR) is 94.9 cm³/mol. The Morgan fingerprint density at radius 1 is 1.19 bits per heavy atom. The van der Waals surface area contributed by atoms with Crippen LogP contribution in [0.1, 0.15) is 30.9 Å². The Balaban J connectivity index is 0.00000110. The first-order valence-corrected chi connectivity index (χ1v) is 7.63. The molecule has 1 saturated carbocycles. The van der Waals surface area contributed by atoms with Crippen molar-refractivity contribution in [2.24, 2.45) is 5.92 Å².